The number of pyridine rings is 1. The lowest BCUT2D eigenvalue weighted by Crippen LogP contribution is -2.13. The minimum absolute atomic E-state index is 0.302. The van der Waals surface area contributed by atoms with Gasteiger partial charge in [-0.15, -0.1) is 0 Å². The molecule has 140 valence electrons. The van der Waals surface area contributed by atoms with Crippen molar-refractivity contribution in [1.82, 2.24) is 9.38 Å². The standard InChI is InChI=1S/C22H18FN3O2/c1-15-8-9-16(23)11-20(15)22(27)25-17-5-4-6-19(12-17)28-14-18-13-26-10-3-2-7-21(26)24-18/h2-13H,14H2,1H3,(H,25,27). The van der Waals surface area contributed by atoms with Gasteiger partial charge in [0.15, 0.2) is 0 Å². The van der Waals surface area contributed by atoms with Crippen LogP contribution in [0.4, 0.5) is 10.1 Å². The lowest BCUT2D eigenvalue weighted by Gasteiger charge is -2.10. The second-order valence-electron chi connectivity index (χ2n) is 6.43. The number of carbonyl (C=O) groups excluding carboxylic acids is 1. The third-order valence-electron chi connectivity index (χ3n) is 4.34. The molecular weight excluding hydrogens is 357 g/mol. The van der Waals surface area contributed by atoms with Crippen LogP contribution >= 0.6 is 0 Å². The van der Waals surface area contributed by atoms with Gasteiger partial charge < -0.3 is 14.5 Å². The zero-order chi connectivity index (χ0) is 19.5. The summed E-state index contributed by atoms with van der Waals surface area (Å²) in [5.41, 5.74) is 3.24. The fourth-order valence-electron chi connectivity index (χ4n) is 2.91. The van der Waals surface area contributed by atoms with E-state index in [0.29, 0.717) is 29.2 Å². The number of fused-ring (bicyclic) bond motifs is 1. The summed E-state index contributed by atoms with van der Waals surface area (Å²) < 4.78 is 21.2. The minimum atomic E-state index is -0.444. The average Bonchev–Trinajstić information content (AvgIpc) is 3.11. The molecule has 2 aromatic heterocycles. The van der Waals surface area contributed by atoms with Gasteiger partial charge in [0.2, 0.25) is 0 Å². The molecule has 4 rings (SSSR count). The van der Waals surface area contributed by atoms with Crippen LogP contribution < -0.4 is 10.1 Å². The molecule has 0 radical (unpaired) electrons. The number of amides is 1. The number of rotatable bonds is 5. The van der Waals surface area contributed by atoms with Crippen LogP contribution in [0.1, 0.15) is 21.6 Å². The smallest absolute Gasteiger partial charge is 0.256 e. The summed E-state index contributed by atoms with van der Waals surface area (Å²) in [5, 5.41) is 2.78. The number of aryl methyl sites for hydroxylation is 1. The first-order chi connectivity index (χ1) is 13.6. The Hall–Kier alpha value is -3.67. The molecule has 4 aromatic rings. The van der Waals surface area contributed by atoms with Crippen molar-refractivity contribution < 1.29 is 13.9 Å². The third-order valence-corrected chi connectivity index (χ3v) is 4.34. The van der Waals surface area contributed by atoms with Crippen molar-refractivity contribution in [2.45, 2.75) is 13.5 Å². The molecule has 0 bridgehead atoms. The SMILES string of the molecule is Cc1ccc(F)cc1C(=O)Nc1cccc(OCc2cn3ccccc3n2)c1. The highest BCUT2D eigenvalue weighted by Crippen LogP contribution is 2.20. The molecule has 0 aliphatic rings. The van der Waals surface area contributed by atoms with Gasteiger partial charge in [-0.1, -0.05) is 18.2 Å². The molecule has 6 heteroatoms. The van der Waals surface area contributed by atoms with Gasteiger partial charge in [-0.3, -0.25) is 4.79 Å². The lowest BCUT2D eigenvalue weighted by atomic mass is 10.1. The highest BCUT2D eigenvalue weighted by Gasteiger charge is 2.11. The van der Waals surface area contributed by atoms with Crippen LogP contribution in [-0.4, -0.2) is 15.3 Å². The van der Waals surface area contributed by atoms with Gasteiger partial charge in [0, 0.05) is 29.7 Å². The number of nitrogens with zero attached hydrogens (tertiary/aromatic N) is 2. The molecule has 1 N–H and O–H groups in total. The molecule has 0 aliphatic carbocycles. The van der Waals surface area contributed by atoms with Gasteiger partial charge in [-0.2, -0.15) is 0 Å². The van der Waals surface area contributed by atoms with Crippen molar-refractivity contribution in [1.29, 1.82) is 0 Å². The fraction of sp³-hybridized carbons (Fsp3) is 0.0909. The van der Waals surface area contributed by atoms with Crippen LogP contribution in [0.15, 0.2) is 73.1 Å². The molecule has 0 aliphatic heterocycles. The zero-order valence-corrected chi connectivity index (χ0v) is 15.2. The van der Waals surface area contributed by atoms with Gasteiger partial charge in [-0.25, -0.2) is 9.37 Å². The summed E-state index contributed by atoms with van der Waals surface area (Å²) in [6, 6.07) is 17.0. The van der Waals surface area contributed by atoms with Gasteiger partial charge in [-0.05, 0) is 48.9 Å². The maximum atomic E-state index is 13.4. The number of hydrogen-bond donors (Lipinski definition) is 1. The molecule has 2 aromatic carbocycles. The van der Waals surface area contributed by atoms with Crippen LogP contribution in [0, 0.1) is 12.7 Å². The summed E-state index contributed by atoms with van der Waals surface area (Å²) >= 11 is 0. The van der Waals surface area contributed by atoms with Gasteiger partial charge in [0.05, 0.1) is 5.69 Å². The zero-order valence-electron chi connectivity index (χ0n) is 15.2. The predicted molar refractivity (Wildman–Crippen MR) is 105 cm³/mol. The number of carbonyl (C=O) groups is 1. The summed E-state index contributed by atoms with van der Waals surface area (Å²) in [5.74, 6) is -0.208. The van der Waals surface area contributed by atoms with Crippen LogP contribution in [0.25, 0.3) is 5.65 Å². The summed E-state index contributed by atoms with van der Waals surface area (Å²) in [6.45, 7) is 2.07. The Morgan fingerprint density at radius 3 is 2.89 bits per heavy atom. The van der Waals surface area contributed by atoms with Gasteiger partial charge >= 0.3 is 0 Å². The quantitative estimate of drug-likeness (QED) is 0.554. The Morgan fingerprint density at radius 1 is 1.14 bits per heavy atom. The number of ether oxygens (including phenoxy) is 1. The molecular formula is C22H18FN3O2. The third kappa shape index (κ3) is 3.86. The van der Waals surface area contributed by atoms with Crippen LogP contribution in [0.2, 0.25) is 0 Å². The summed E-state index contributed by atoms with van der Waals surface area (Å²) in [6.07, 6.45) is 3.84. The van der Waals surface area contributed by atoms with Crippen molar-refractivity contribution >= 4 is 17.2 Å². The largest absolute Gasteiger partial charge is 0.487 e. The molecule has 28 heavy (non-hydrogen) atoms. The van der Waals surface area contributed by atoms with Crippen LogP contribution in [0.5, 0.6) is 5.75 Å². The number of aromatic nitrogens is 2. The average molecular weight is 375 g/mol. The number of benzene rings is 2. The van der Waals surface area contributed by atoms with Crippen molar-refractivity contribution in [3.8, 4) is 5.75 Å². The number of anilines is 1. The molecule has 0 saturated carbocycles. The van der Waals surface area contributed by atoms with E-state index in [0.717, 1.165) is 11.3 Å². The van der Waals surface area contributed by atoms with Crippen molar-refractivity contribution in [3.63, 3.8) is 0 Å². The minimum Gasteiger partial charge on any atom is -0.487 e. The van der Waals surface area contributed by atoms with E-state index in [9.17, 15) is 9.18 Å². The van der Waals surface area contributed by atoms with Gasteiger partial charge in [0.1, 0.15) is 23.8 Å². The Labute approximate surface area is 161 Å². The van der Waals surface area contributed by atoms with Crippen molar-refractivity contribution in [2.24, 2.45) is 0 Å². The maximum Gasteiger partial charge on any atom is 0.256 e. The van der Waals surface area contributed by atoms with Crippen LogP contribution in [-0.2, 0) is 6.61 Å². The summed E-state index contributed by atoms with van der Waals surface area (Å²) in [4.78, 5) is 16.9. The van der Waals surface area contributed by atoms with E-state index in [4.69, 9.17) is 4.74 Å². The Kier molecular flexibility index (Phi) is 4.76. The fourth-order valence-corrected chi connectivity index (χ4v) is 2.91. The lowest BCUT2D eigenvalue weighted by molar-refractivity contribution is 0.102. The molecule has 0 spiro atoms. The monoisotopic (exact) mass is 375 g/mol. The molecule has 2 heterocycles. The first-order valence-corrected chi connectivity index (χ1v) is 8.81. The number of nitrogens with one attached hydrogen (secondary N) is 1. The number of halogens is 1. The molecule has 0 saturated heterocycles. The predicted octanol–water partition coefficient (Wildman–Crippen LogP) is 4.61. The second kappa shape index (κ2) is 7.52. The van der Waals surface area contributed by atoms with E-state index in [1.165, 1.54) is 12.1 Å². The van der Waals surface area contributed by atoms with E-state index < -0.39 is 5.82 Å². The van der Waals surface area contributed by atoms with Crippen molar-refractivity contribution in [2.75, 3.05) is 5.32 Å². The highest BCUT2D eigenvalue weighted by molar-refractivity contribution is 6.05. The topological polar surface area (TPSA) is 55.6 Å². The highest BCUT2D eigenvalue weighted by atomic mass is 19.1. The first kappa shape index (κ1) is 17.7. The molecule has 0 atom stereocenters. The number of hydrogen-bond acceptors (Lipinski definition) is 3. The van der Waals surface area contributed by atoms with E-state index in [2.05, 4.69) is 10.3 Å². The molecule has 5 nitrogen and oxygen atoms in total. The van der Waals surface area contributed by atoms with Crippen LogP contribution in [0.3, 0.4) is 0 Å². The normalized spacial score (nSPS) is 10.8. The number of imidazole rings is 1. The second-order valence-corrected chi connectivity index (χ2v) is 6.43. The molecule has 0 unspecified atom stereocenters. The summed E-state index contributed by atoms with van der Waals surface area (Å²) in [7, 11) is 0. The van der Waals surface area contributed by atoms with E-state index >= 15 is 0 Å². The molecule has 1 amide bonds. The Morgan fingerprint density at radius 2 is 2.04 bits per heavy atom. The van der Waals surface area contributed by atoms with E-state index in [1.54, 1.807) is 37.3 Å². The molecule has 0 fully saturated rings. The Bertz CT molecular complexity index is 1120. The van der Waals surface area contributed by atoms with E-state index in [-0.39, 0.29) is 5.91 Å². The van der Waals surface area contributed by atoms with Gasteiger partial charge in [0.25, 0.3) is 5.91 Å². The maximum absolute atomic E-state index is 13.4. The van der Waals surface area contributed by atoms with Crippen molar-refractivity contribution in [3.05, 3.63) is 95.7 Å². The first-order valence-electron chi connectivity index (χ1n) is 8.81. The Balaban J connectivity index is 1.45. The van der Waals surface area contributed by atoms with E-state index in [1.807, 2.05) is 35.0 Å².